The summed E-state index contributed by atoms with van der Waals surface area (Å²) >= 11 is 0. The smallest absolute Gasteiger partial charge is 0.364 e. The van der Waals surface area contributed by atoms with Crippen LogP contribution in [0.2, 0.25) is 0 Å². The third-order valence-corrected chi connectivity index (χ3v) is 21.8. The van der Waals surface area contributed by atoms with Crippen molar-refractivity contribution >= 4 is 88.1 Å². The number of anilines is 2. The van der Waals surface area contributed by atoms with Crippen LogP contribution in [0.15, 0.2) is 124 Å². The number of nitrogens with one attached hydrogen (secondary N) is 5. The van der Waals surface area contributed by atoms with E-state index in [4.69, 9.17) is 42.6 Å². The standard InChI is InChI=1S/C70H85FN8O34S3/c1-33-56(87)59(90)60(91)67(107-33)111-61-46(79-28-45(77-78-79)37-11-7-12-40(71)19-37)22-39(23-49(61)108-68-64(110-66(93)36-9-4-3-5-10-36)63(58(89)50(30-81)109-68)113-70(69(94)95)26-47(83)55(75-34(2)82)62(112-70)57(88)48(84)29-80)65(92)73-15-14-72-52(85)31-105-16-17-106-32-53(86)76-41-13-6-8-35(18-41)27-74-44-24-42(114(96,97)98)20-38-21-43(115(99,100)101)25-51(54(38)44)116(102,103)104/h3-13,18-21,24-25,28,33,39,46-50,55-64,67-68,74,80-81,83-84,87-91H,14-17,22-23,26-27,29-32H2,1-2H3,(H,72,85)(H,73,92)(H,75,82)(H,76,86)(H,94,95)(H,96,97,98)(H,99,100,101)(H,102,103,104)/t33-,39?,46-,47-,48+,49+,50+,55+,56+,57+,58-,59+,60-,61+,62-,63-,64+,67-,68+,70-/m0/s1. The minimum Gasteiger partial charge on any atom is -0.477 e. The lowest BCUT2D eigenvalue weighted by Gasteiger charge is -2.51. The van der Waals surface area contributed by atoms with Gasteiger partial charge in [-0.2, -0.15) is 25.3 Å². The van der Waals surface area contributed by atoms with Crippen molar-refractivity contribution in [2.24, 2.45) is 5.92 Å². The van der Waals surface area contributed by atoms with Crippen molar-refractivity contribution in [1.82, 2.24) is 30.9 Å². The van der Waals surface area contributed by atoms with Crippen LogP contribution in [0.1, 0.15) is 55.1 Å². The predicted molar refractivity (Wildman–Crippen MR) is 388 cm³/mol. The molecule has 116 heavy (non-hydrogen) atoms. The number of aliphatic hydroxyl groups excluding tert-OH is 9. The van der Waals surface area contributed by atoms with Crippen LogP contribution < -0.4 is 26.6 Å². The van der Waals surface area contributed by atoms with Crippen LogP contribution in [-0.4, -0.2) is 303 Å². The monoisotopic (exact) mass is 1700 g/mol. The molecule has 18 N–H and O–H groups in total. The fourth-order valence-electron chi connectivity index (χ4n) is 13.5. The van der Waals surface area contributed by atoms with Gasteiger partial charge in [0.25, 0.3) is 36.1 Å². The molecule has 4 amide bonds. The lowest BCUT2D eigenvalue weighted by atomic mass is 9.80. The number of aliphatic hydroxyl groups is 9. The van der Waals surface area contributed by atoms with Crippen molar-refractivity contribution in [2.45, 2.75) is 170 Å². The summed E-state index contributed by atoms with van der Waals surface area (Å²) in [5.41, 5.74) is 0.301. The summed E-state index contributed by atoms with van der Waals surface area (Å²) < 4.78 is 173. The molecular formula is C70H85FN8O34S3. The molecule has 1 aliphatic carbocycles. The normalized spacial score (nSPS) is 27.7. The van der Waals surface area contributed by atoms with Gasteiger partial charge in [0.05, 0.1) is 78.4 Å². The molecule has 1 unspecified atom stereocenters. The van der Waals surface area contributed by atoms with Crippen LogP contribution in [0.25, 0.3) is 22.0 Å². The largest absolute Gasteiger partial charge is 0.477 e. The van der Waals surface area contributed by atoms with E-state index in [2.05, 4.69) is 36.9 Å². The average Bonchev–Trinajstić information content (AvgIpc) is 0.961. The Morgan fingerprint density at radius 1 is 0.724 bits per heavy atom. The van der Waals surface area contributed by atoms with Gasteiger partial charge in [-0.15, -0.1) is 5.10 Å². The number of aliphatic carboxylic acids is 1. The van der Waals surface area contributed by atoms with E-state index in [0.717, 1.165) is 25.1 Å². The third kappa shape index (κ3) is 21.9. The second-order valence-electron chi connectivity index (χ2n) is 27.5. The number of halogens is 1. The van der Waals surface area contributed by atoms with Crippen molar-refractivity contribution < 1.29 is 166 Å². The molecule has 20 atom stereocenters. The number of ether oxygens (including phenoxy) is 9. The van der Waals surface area contributed by atoms with Crippen LogP contribution in [0, 0.1) is 11.7 Å². The summed E-state index contributed by atoms with van der Waals surface area (Å²) in [5, 5.41) is 132. The number of hydrogen-bond acceptors (Lipinski definition) is 33. The maximum Gasteiger partial charge on any atom is 0.364 e. The van der Waals surface area contributed by atoms with E-state index in [0.29, 0.717) is 23.8 Å². The van der Waals surface area contributed by atoms with E-state index in [9.17, 15) is 123 Å². The summed E-state index contributed by atoms with van der Waals surface area (Å²) in [5.74, 6) is -11.6. The van der Waals surface area contributed by atoms with Crippen molar-refractivity contribution in [3.8, 4) is 11.3 Å². The highest BCUT2D eigenvalue weighted by atomic mass is 32.2. The molecule has 42 nitrogen and oxygen atoms in total. The number of carbonyl (C=O) groups is 6. The molecule has 10 rings (SSSR count). The molecule has 4 aliphatic rings. The Morgan fingerprint density at radius 2 is 1.40 bits per heavy atom. The average molecular weight is 1700 g/mol. The first-order valence-electron chi connectivity index (χ1n) is 35.5. The summed E-state index contributed by atoms with van der Waals surface area (Å²) in [4.78, 5) is 78.4. The van der Waals surface area contributed by atoms with Crippen LogP contribution >= 0.6 is 0 Å². The van der Waals surface area contributed by atoms with Gasteiger partial charge in [-0.05, 0) is 91.4 Å². The van der Waals surface area contributed by atoms with Crippen molar-refractivity contribution in [3.05, 3.63) is 126 Å². The number of esters is 1. The molecule has 0 radical (unpaired) electrons. The molecule has 46 heteroatoms. The van der Waals surface area contributed by atoms with Gasteiger partial charge >= 0.3 is 11.9 Å². The van der Waals surface area contributed by atoms with E-state index in [1.165, 1.54) is 84.5 Å². The molecule has 0 bridgehead atoms. The number of carboxylic acids is 1. The lowest BCUT2D eigenvalue weighted by molar-refractivity contribution is -0.378. The van der Waals surface area contributed by atoms with E-state index in [-0.39, 0.29) is 67.5 Å². The molecule has 4 fully saturated rings. The SMILES string of the molecule is CC(=O)N[C@H]1[C@@H]([C@H](O)[C@H](O)CO)O[C@@](O[C@H]2[C@@H](O)[C@@H](CO)O[C@@H](O[C@@H]3CC(C(=O)NCCNC(=O)COCCOCC(=O)Nc4cccc(CNc5cc(S(=O)(=O)O)cc6cc(S(=O)(=O)O)cc(S(=O)(=O)O)c56)c4)C[C@H](n4cc(-c5cccc(F)c5)nn4)[C@H]3O[C@@H]3O[C@@H](C)[C@@H](O)[C@@H](O)[C@@H]3O)[C@@H]2OC(=O)c2ccccc2)(C(=O)O)C[C@@H]1O. The van der Waals surface area contributed by atoms with Gasteiger partial charge in [0.15, 0.2) is 18.7 Å². The van der Waals surface area contributed by atoms with Gasteiger partial charge in [0, 0.05) is 61.2 Å². The molecule has 3 aliphatic heterocycles. The number of hydrogen-bond donors (Lipinski definition) is 18. The van der Waals surface area contributed by atoms with E-state index in [1.807, 2.05) is 0 Å². The number of rotatable bonds is 34. The molecule has 0 spiro atoms. The predicted octanol–water partition coefficient (Wildman–Crippen LogP) is -3.12. The van der Waals surface area contributed by atoms with Gasteiger partial charge in [0.1, 0.15) is 90.7 Å². The summed E-state index contributed by atoms with van der Waals surface area (Å²) in [7, 11) is -15.4. The van der Waals surface area contributed by atoms with Crippen LogP contribution in [0.5, 0.6) is 0 Å². The molecule has 4 heterocycles. The molecule has 1 aromatic heterocycles. The zero-order chi connectivity index (χ0) is 84.5. The Morgan fingerprint density at radius 3 is 2.04 bits per heavy atom. The van der Waals surface area contributed by atoms with E-state index in [1.54, 1.807) is 0 Å². The fourth-order valence-corrected chi connectivity index (χ4v) is 15.5. The van der Waals surface area contributed by atoms with E-state index >= 15 is 0 Å². The topological polar surface area (TPSA) is 642 Å². The molecule has 634 valence electrons. The molecule has 6 aromatic rings. The Bertz CT molecular complexity index is 4860. The second kappa shape index (κ2) is 38.2. The number of amides is 4. The molecule has 3 saturated heterocycles. The summed E-state index contributed by atoms with van der Waals surface area (Å²) in [6.07, 6.45) is -32.6. The van der Waals surface area contributed by atoms with Gasteiger partial charge in [-0.1, -0.05) is 47.7 Å². The number of benzene rings is 5. The summed E-state index contributed by atoms with van der Waals surface area (Å²) in [6.45, 7) is -2.35. The Hall–Kier alpha value is -8.90. The minimum atomic E-state index is -5.26. The first-order valence-corrected chi connectivity index (χ1v) is 39.9. The lowest BCUT2D eigenvalue weighted by Crippen LogP contribution is -2.71. The molecular weight excluding hydrogens is 1610 g/mol. The number of aromatic nitrogens is 3. The van der Waals surface area contributed by atoms with Crippen LogP contribution in [0.3, 0.4) is 0 Å². The van der Waals surface area contributed by atoms with Gasteiger partial charge in [0.2, 0.25) is 23.6 Å². The zero-order valence-electron chi connectivity index (χ0n) is 61.2. The van der Waals surface area contributed by atoms with Crippen molar-refractivity contribution in [3.63, 3.8) is 0 Å². The Balaban J connectivity index is 0.833. The van der Waals surface area contributed by atoms with Gasteiger partial charge in [-0.25, -0.2) is 18.7 Å². The second-order valence-corrected chi connectivity index (χ2v) is 31.7. The minimum absolute atomic E-state index is 0.0512. The van der Waals surface area contributed by atoms with Crippen molar-refractivity contribution in [2.75, 3.05) is 63.4 Å². The number of fused-ring (bicyclic) bond motifs is 1. The van der Waals surface area contributed by atoms with Crippen LogP contribution in [-0.2, 0) is 104 Å². The first-order chi connectivity index (χ1) is 54.8. The van der Waals surface area contributed by atoms with Gasteiger partial charge < -0.3 is 120 Å². The highest BCUT2D eigenvalue weighted by molar-refractivity contribution is 7.87. The zero-order valence-corrected chi connectivity index (χ0v) is 63.6. The third-order valence-electron chi connectivity index (χ3n) is 19.2. The highest BCUT2D eigenvalue weighted by Gasteiger charge is 2.61. The maximum absolute atomic E-state index is 14.8. The molecule has 1 saturated carbocycles. The highest BCUT2D eigenvalue weighted by Crippen LogP contribution is 2.44. The first kappa shape index (κ1) is 89.4. The Kier molecular flexibility index (Phi) is 29.5. The number of carboxylic acid groups (broad SMARTS) is 1. The number of nitrogens with zero attached hydrogens (tertiary/aromatic N) is 3. The quantitative estimate of drug-likeness (QED) is 0.0108. The molecule has 5 aromatic carbocycles. The van der Waals surface area contributed by atoms with Crippen LogP contribution in [0.4, 0.5) is 15.8 Å². The number of carbonyl (C=O) groups excluding carboxylic acids is 5. The Labute approximate surface area is 658 Å². The summed E-state index contributed by atoms with van der Waals surface area (Å²) in [6, 6.07) is 17.7. The fraction of sp³-hybridized carbons (Fsp3) is 0.486. The maximum atomic E-state index is 14.8. The van der Waals surface area contributed by atoms with Crippen molar-refractivity contribution in [1.29, 1.82) is 0 Å². The van der Waals surface area contributed by atoms with E-state index < -0.39 is 258 Å². The van der Waals surface area contributed by atoms with Gasteiger partial charge in [-0.3, -0.25) is 32.8 Å².